The van der Waals surface area contributed by atoms with E-state index in [0.29, 0.717) is 5.16 Å². The lowest BCUT2D eigenvalue weighted by Gasteiger charge is -2.17. The normalized spacial score (nSPS) is 10.9. The first-order valence-electron chi connectivity index (χ1n) is 8.26. The topological polar surface area (TPSA) is 104 Å². The van der Waals surface area contributed by atoms with Crippen molar-refractivity contribution in [1.29, 1.82) is 0 Å². The molecule has 0 unspecified atom stereocenters. The Morgan fingerprint density at radius 2 is 1.96 bits per heavy atom. The number of nitrogens with one attached hydrogen (secondary N) is 2. The number of aromatic nitrogens is 2. The molecule has 1 amide bonds. The Bertz CT molecular complexity index is 806. The Morgan fingerprint density at radius 3 is 2.54 bits per heavy atom. The van der Waals surface area contributed by atoms with Gasteiger partial charge < -0.3 is 16.0 Å². The summed E-state index contributed by atoms with van der Waals surface area (Å²) in [6.45, 7) is 6.95. The molecular weight excluding hydrogens is 357 g/mol. The van der Waals surface area contributed by atoms with E-state index in [2.05, 4.69) is 34.0 Å². The first-order valence-corrected chi connectivity index (χ1v) is 9.25. The van der Waals surface area contributed by atoms with Crippen LogP contribution >= 0.6 is 11.8 Å². The first-order chi connectivity index (χ1) is 12.4. The summed E-state index contributed by atoms with van der Waals surface area (Å²) < 4.78 is 12.9. The molecule has 26 heavy (non-hydrogen) atoms. The average Bonchev–Trinajstić information content (AvgIpc) is 2.62. The Hall–Kier alpha value is -2.39. The zero-order chi connectivity index (χ0) is 19.1. The Balaban J connectivity index is 2.05. The van der Waals surface area contributed by atoms with E-state index in [1.54, 1.807) is 0 Å². The molecule has 1 heterocycles. The fraction of sp³-hybridized carbons (Fsp3) is 0.353. The highest BCUT2D eigenvalue weighted by molar-refractivity contribution is 7.99. The van der Waals surface area contributed by atoms with Gasteiger partial charge >= 0.3 is 0 Å². The van der Waals surface area contributed by atoms with Crippen molar-refractivity contribution in [3.05, 3.63) is 46.0 Å². The zero-order valence-electron chi connectivity index (χ0n) is 14.7. The lowest BCUT2D eigenvalue weighted by molar-refractivity contribution is 0.102. The predicted molar refractivity (Wildman–Crippen MR) is 102 cm³/mol. The number of rotatable bonds is 8. The lowest BCUT2D eigenvalue weighted by atomic mass is 10.2. The summed E-state index contributed by atoms with van der Waals surface area (Å²) >= 11 is 1.39. The number of nitrogens with zero attached hydrogens (tertiary/aromatic N) is 2. The van der Waals surface area contributed by atoms with Crippen LogP contribution in [0, 0.1) is 5.82 Å². The van der Waals surface area contributed by atoms with Gasteiger partial charge in [-0.05, 0) is 37.4 Å². The van der Waals surface area contributed by atoms with Crippen LogP contribution in [0.4, 0.5) is 15.9 Å². The summed E-state index contributed by atoms with van der Waals surface area (Å²) in [5.41, 5.74) is 5.39. The van der Waals surface area contributed by atoms with Crippen LogP contribution in [0.2, 0.25) is 0 Å². The summed E-state index contributed by atoms with van der Waals surface area (Å²) in [4.78, 5) is 33.4. The molecule has 0 saturated heterocycles. The third-order valence-corrected chi connectivity index (χ3v) is 4.66. The van der Waals surface area contributed by atoms with Gasteiger partial charge in [0.2, 0.25) is 0 Å². The molecule has 1 aromatic heterocycles. The van der Waals surface area contributed by atoms with Crippen molar-refractivity contribution in [3.8, 4) is 0 Å². The second-order valence-electron chi connectivity index (χ2n) is 5.47. The molecule has 0 bridgehead atoms. The van der Waals surface area contributed by atoms with E-state index < -0.39 is 17.3 Å². The van der Waals surface area contributed by atoms with Gasteiger partial charge in [-0.1, -0.05) is 25.6 Å². The smallest absolute Gasteiger partial charge is 0.277 e. The molecule has 0 aliphatic carbocycles. The predicted octanol–water partition coefficient (Wildman–Crippen LogP) is 2.18. The molecule has 9 heteroatoms. The largest absolute Gasteiger partial charge is 0.382 e. The van der Waals surface area contributed by atoms with E-state index in [9.17, 15) is 14.0 Å². The van der Waals surface area contributed by atoms with Gasteiger partial charge in [-0.2, -0.15) is 0 Å². The van der Waals surface area contributed by atoms with Crippen molar-refractivity contribution in [2.75, 3.05) is 36.4 Å². The Kier molecular flexibility index (Phi) is 7.16. The van der Waals surface area contributed by atoms with Gasteiger partial charge in [0.05, 0.1) is 0 Å². The molecule has 0 aliphatic heterocycles. The Morgan fingerprint density at radius 1 is 1.31 bits per heavy atom. The van der Waals surface area contributed by atoms with E-state index in [1.165, 1.54) is 23.9 Å². The molecule has 0 saturated carbocycles. The number of aromatic amines is 1. The third-order valence-electron chi connectivity index (χ3n) is 3.81. The van der Waals surface area contributed by atoms with Crippen LogP contribution in [0.15, 0.2) is 34.2 Å². The monoisotopic (exact) mass is 379 g/mol. The van der Waals surface area contributed by atoms with Crippen molar-refractivity contribution in [2.45, 2.75) is 19.0 Å². The molecule has 0 spiro atoms. The van der Waals surface area contributed by atoms with Crippen LogP contribution in [-0.2, 0) is 0 Å². The standard InChI is InChI=1S/C17H22FN5O2S/c1-3-23(4-2)9-10-26-17-21-14(19)13(16(25)22-17)20-15(24)11-5-7-12(18)8-6-11/h5-8H,3-4,9-10H2,1-2H3,(H,20,24)(H3,19,21,22,25). The molecule has 140 valence electrons. The molecule has 2 rings (SSSR count). The highest BCUT2D eigenvalue weighted by atomic mass is 32.2. The number of nitrogens with two attached hydrogens (primary N) is 1. The van der Waals surface area contributed by atoms with Gasteiger partial charge in [-0.3, -0.25) is 14.6 Å². The number of anilines is 2. The fourth-order valence-corrected chi connectivity index (χ4v) is 3.13. The highest BCUT2D eigenvalue weighted by Crippen LogP contribution is 2.17. The summed E-state index contributed by atoms with van der Waals surface area (Å²) in [6.07, 6.45) is 0. The minimum atomic E-state index is -0.564. The van der Waals surface area contributed by atoms with Gasteiger partial charge in [-0.25, -0.2) is 9.37 Å². The Labute approximate surface area is 155 Å². The quantitative estimate of drug-likeness (QED) is 0.480. The van der Waals surface area contributed by atoms with Crippen LogP contribution in [0.1, 0.15) is 24.2 Å². The molecule has 0 aliphatic rings. The lowest BCUT2D eigenvalue weighted by Crippen LogP contribution is -2.26. The van der Waals surface area contributed by atoms with E-state index in [-0.39, 0.29) is 17.1 Å². The number of thioether (sulfide) groups is 1. The molecule has 2 aromatic rings. The fourth-order valence-electron chi connectivity index (χ4n) is 2.26. The maximum atomic E-state index is 12.9. The van der Waals surface area contributed by atoms with E-state index >= 15 is 0 Å². The van der Waals surface area contributed by atoms with Gasteiger partial charge in [0, 0.05) is 17.9 Å². The van der Waals surface area contributed by atoms with Crippen molar-refractivity contribution >= 4 is 29.2 Å². The van der Waals surface area contributed by atoms with Crippen molar-refractivity contribution in [3.63, 3.8) is 0 Å². The van der Waals surface area contributed by atoms with Crippen LogP contribution in [0.25, 0.3) is 0 Å². The third kappa shape index (κ3) is 5.30. The summed E-state index contributed by atoms with van der Waals surface area (Å²) in [5, 5.41) is 2.83. The number of hydrogen-bond acceptors (Lipinski definition) is 6. The van der Waals surface area contributed by atoms with E-state index in [4.69, 9.17) is 5.73 Å². The molecule has 1 aromatic carbocycles. The summed E-state index contributed by atoms with van der Waals surface area (Å²) in [6, 6.07) is 4.96. The molecule has 7 nitrogen and oxygen atoms in total. The van der Waals surface area contributed by atoms with Crippen molar-refractivity contribution < 1.29 is 9.18 Å². The minimum absolute atomic E-state index is 0.0606. The second-order valence-corrected chi connectivity index (χ2v) is 6.55. The number of carbonyl (C=O) groups is 1. The number of carbonyl (C=O) groups excluding carboxylic acids is 1. The molecule has 0 atom stereocenters. The molecule has 4 N–H and O–H groups in total. The second kappa shape index (κ2) is 9.35. The first kappa shape index (κ1) is 19.9. The van der Waals surface area contributed by atoms with Crippen LogP contribution in [0.3, 0.4) is 0 Å². The number of H-pyrrole nitrogens is 1. The number of hydrogen-bond donors (Lipinski definition) is 3. The number of nitrogen functional groups attached to an aromatic ring is 1. The van der Waals surface area contributed by atoms with Crippen LogP contribution in [0.5, 0.6) is 0 Å². The van der Waals surface area contributed by atoms with Gasteiger partial charge in [0.25, 0.3) is 11.5 Å². The summed E-state index contributed by atoms with van der Waals surface area (Å²) in [7, 11) is 0. The minimum Gasteiger partial charge on any atom is -0.382 e. The zero-order valence-corrected chi connectivity index (χ0v) is 15.5. The molecular formula is C17H22FN5O2S. The van der Waals surface area contributed by atoms with E-state index in [0.717, 1.165) is 37.5 Å². The SMILES string of the molecule is CCN(CC)CCSc1nc(N)c(NC(=O)c2ccc(F)cc2)c(=O)[nH]1. The number of benzene rings is 1. The van der Waals surface area contributed by atoms with Gasteiger partial charge in [0.15, 0.2) is 11.0 Å². The maximum Gasteiger partial charge on any atom is 0.277 e. The molecule has 0 radical (unpaired) electrons. The van der Waals surface area contributed by atoms with Crippen LogP contribution < -0.4 is 16.6 Å². The summed E-state index contributed by atoms with van der Waals surface area (Å²) in [5.74, 6) is -0.321. The van der Waals surface area contributed by atoms with Crippen molar-refractivity contribution in [1.82, 2.24) is 14.9 Å². The van der Waals surface area contributed by atoms with Crippen LogP contribution in [-0.4, -0.2) is 46.2 Å². The number of halogens is 1. The molecule has 0 fully saturated rings. The highest BCUT2D eigenvalue weighted by Gasteiger charge is 2.14. The number of amides is 1. The van der Waals surface area contributed by atoms with Crippen molar-refractivity contribution in [2.24, 2.45) is 0 Å². The van der Waals surface area contributed by atoms with Gasteiger partial charge in [0.1, 0.15) is 11.5 Å². The van der Waals surface area contributed by atoms with Gasteiger partial charge in [-0.15, -0.1) is 0 Å². The maximum absolute atomic E-state index is 12.9. The van der Waals surface area contributed by atoms with E-state index in [1.807, 2.05) is 0 Å². The average molecular weight is 379 g/mol.